The van der Waals surface area contributed by atoms with Crippen LogP contribution in [0.3, 0.4) is 0 Å². The fourth-order valence-corrected chi connectivity index (χ4v) is 3.23. The highest BCUT2D eigenvalue weighted by atomic mass is 35.5. The molecule has 0 aliphatic rings. The van der Waals surface area contributed by atoms with Gasteiger partial charge in [-0.25, -0.2) is 0 Å². The summed E-state index contributed by atoms with van der Waals surface area (Å²) < 4.78 is 0.722. The fourth-order valence-electron chi connectivity index (χ4n) is 1.88. The Bertz CT molecular complexity index is 615. The molecule has 6 heteroatoms. The number of hydrogen-bond donors (Lipinski definition) is 2. The Morgan fingerprint density at radius 2 is 2.00 bits per heavy atom. The molecule has 0 bridgehead atoms. The number of aliphatic hydroxyl groups is 1. The molecule has 0 aliphatic carbocycles. The molecule has 0 saturated heterocycles. The van der Waals surface area contributed by atoms with Crippen LogP contribution in [-0.2, 0) is 11.2 Å². The molecule has 1 aromatic carbocycles. The Balaban J connectivity index is 1.77. The lowest BCUT2D eigenvalue weighted by Gasteiger charge is -2.13. The summed E-state index contributed by atoms with van der Waals surface area (Å²) in [5.41, 5.74) is 0.615. The van der Waals surface area contributed by atoms with Crippen molar-refractivity contribution >= 4 is 40.4 Å². The maximum Gasteiger partial charge on any atom is 0.220 e. The molecule has 1 atom stereocenters. The smallest absolute Gasteiger partial charge is 0.220 e. The first-order chi connectivity index (χ1) is 10.1. The molecule has 112 valence electrons. The summed E-state index contributed by atoms with van der Waals surface area (Å²) in [7, 11) is 0. The van der Waals surface area contributed by atoms with Gasteiger partial charge in [0.15, 0.2) is 0 Å². The van der Waals surface area contributed by atoms with Gasteiger partial charge in [-0.05, 0) is 24.6 Å². The standard InChI is InChI=1S/C15H15Cl2NO2S/c16-12-4-2-1-3-11(12)13(19)9-18-15(20)8-6-10-5-7-14(17)21-10/h1-5,7,13,19H,6,8-9H2,(H,18,20). The Labute approximate surface area is 137 Å². The number of amides is 1. The minimum atomic E-state index is -0.807. The first-order valence-corrected chi connectivity index (χ1v) is 8.07. The molecule has 0 fully saturated rings. The molecule has 3 nitrogen and oxygen atoms in total. The summed E-state index contributed by atoms with van der Waals surface area (Å²) in [6.45, 7) is 0.147. The van der Waals surface area contributed by atoms with E-state index in [-0.39, 0.29) is 12.5 Å². The van der Waals surface area contributed by atoms with Crippen molar-refractivity contribution in [2.45, 2.75) is 18.9 Å². The summed E-state index contributed by atoms with van der Waals surface area (Å²) in [6.07, 6.45) is 0.205. The van der Waals surface area contributed by atoms with Gasteiger partial charge in [0.25, 0.3) is 0 Å². The average Bonchev–Trinajstić information content (AvgIpc) is 2.89. The number of thiophene rings is 1. The average molecular weight is 344 g/mol. The van der Waals surface area contributed by atoms with E-state index in [0.29, 0.717) is 23.4 Å². The maximum atomic E-state index is 11.8. The quantitative estimate of drug-likeness (QED) is 0.837. The van der Waals surface area contributed by atoms with Crippen molar-refractivity contribution in [2.24, 2.45) is 0 Å². The molecule has 2 rings (SSSR count). The second kappa shape index (κ2) is 7.80. The maximum absolute atomic E-state index is 11.8. The van der Waals surface area contributed by atoms with E-state index >= 15 is 0 Å². The van der Waals surface area contributed by atoms with Crippen molar-refractivity contribution in [3.8, 4) is 0 Å². The number of carbonyl (C=O) groups excluding carboxylic acids is 1. The number of nitrogens with one attached hydrogen (secondary N) is 1. The molecule has 0 saturated carbocycles. The fraction of sp³-hybridized carbons (Fsp3) is 0.267. The van der Waals surface area contributed by atoms with Crippen molar-refractivity contribution in [3.63, 3.8) is 0 Å². The largest absolute Gasteiger partial charge is 0.387 e. The molecule has 1 heterocycles. The van der Waals surface area contributed by atoms with E-state index < -0.39 is 6.10 Å². The zero-order chi connectivity index (χ0) is 15.2. The van der Waals surface area contributed by atoms with Crippen molar-refractivity contribution < 1.29 is 9.90 Å². The minimum absolute atomic E-state index is 0.106. The van der Waals surface area contributed by atoms with Crippen molar-refractivity contribution in [1.82, 2.24) is 5.32 Å². The normalized spacial score (nSPS) is 12.1. The minimum Gasteiger partial charge on any atom is -0.387 e. The lowest BCUT2D eigenvalue weighted by Crippen LogP contribution is -2.28. The highest BCUT2D eigenvalue weighted by molar-refractivity contribution is 7.16. The van der Waals surface area contributed by atoms with Crippen LogP contribution in [0.2, 0.25) is 9.36 Å². The predicted octanol–water partition coefficient (Wildman–Crippen LogP) is 3.84. The van der Waals surface area contributed by atoms with Crippen LogP contribution in [-0.4, -0.2) is 17.6 Å². The van der Waals surface area contributed by atoms with Crippen LogP contribution in [0.4, 0.5) is 0 Å². The number of halogens is 2. The molecule has 1 unspecified atom stereocenters. The third-order valence-electron chi connectivity index (χ3n) is 2.98. The zero-order valence-electron chi connectivity index (χ0n) is 11.2. The SMILES string of the molecule is O=C(CCc1ccc(Cl)s1)NCC(O)c1ccccc1Cl. The molecule has 21 heavy (non-hydrogen) atoms. The summed E-state index contributed by atoms with van der Waals surface area (Å²) in [5.74, 6) is -0.106. The van der Waals surface area contributed by atoms with E-state index in [1.165, 1.54) is 11.3 Å². The molecule has 1 aromatic heterocycles. The number of hydrogen-bond acceptors (Lipinski definition) is 3. The summed E-state index contributed by atoms with van der Waals surface area (Å²) in [4.78, 5) is 12.8. The van der Waals surface area contributed by atoms with Gasteiger partial charge in [-0.15, -0.1) is 11.3 Å². The van der Waals surface area contributed by atoms with E-state index in [9.17, 15) is 9.90 Å². The van der Waals surface area contributed by atoms with Crippen LogP contribution in [0, 0.1) is 0 Å². The number of rotatable bonds is 6. The van der Waals surface area contributed by atoms with E-state index in [2.05, 4.69) is 5.32 Å². The first-order valence-electron chi connectivity index (χ1n) is 6.49. The van der Waals surface area contributed by atoms with Crippen LogP contribution in [0.1, 0.15) is 23.0 Å². The summed E-state index contributed by atoms with van der Waals surface area (Å²) >= 11 is 13.3. The Morgan fingerprint density at radius 1 is 1.24 bits per heavy atom. The predicted molar refractivity (Wildman–Crippen MR) is 87.1 cm³/mol. The molecular formula is C15H15Cl2NO2S. The first kappa shape index (κ1) is 16.3. The molecule has 0 radical (unpaired) electrons. The lowest BCUT2D eigenvalue weighted by atomic mass is 10.1. The van der Waals surface area contributed by atoms with Crippen molar-refractivity contribution in [3.05, 3.63) is 56.2 Å². The summed E-state index contributed by atoms with van der Waals surface area (Å²) in [6, 6.07) is 10.8. The van der Waals surface area contributed by atoms with E-state index in [0.717, 1.165) is 9.21 Å². The van der Waals surface area contributed by atoms with Gasteiger partial charge >= 0.3 is 0 Å². The zero-order valence-corrected chi connectivity index (χ0v) is 13.5. The monoisotopic (exact) mass is 343 g/mol. The van der Waals surface area contributed by atoms with Gasteiger partial charge in [-0.2, -0.15) is 0 Å². The number of aryl methyl sites for hydroxylation is 1. The molecule has 0 aliphatic heterocycles. The van der Waals surface area contributed by atoms with Crippen LogP contribution in [0.5, 0.6) is 0 Å². The Morgan fingerprint density at radius 3 is 2.67 bits per heavy atom. The van der Waals surface area contributed by atoms with Gasteiger partial charge in [0.1, 0.15) is 0 Å². The highest BCUT2D eigenvalue weighted by Crippen LogP contribution is 2.23. The van der Waals surface area contributed by atoms with Crippen LogP contribution in [0.15, 0.2) is 36.4 Å². The molecule has 2 N–H and O–H groups in total. The number of aliphatic hydroxyl groups excluding tert-OH is 1. The molecule has 0 spiro atoms. The van der Waals surface area contributed by atoms with E-state index in [4.69, 9.17) is 23.2 Å². The Kier molecular flexibility index (Phi) is 6.06. The van der Waals surface area contributed by atoms with Gasteiger partial charge < -0.3 is 10.4 Å². The highest BCUT2D eigenvalue weighted by Gasteiger charge is 2.12. The molecule has 1 amide bonds. The number of benzene rings is 1. The third kappa shape index (κ3) is 5.00. The Hall–Kier alpha value is -1.07. The third-order valence-corrected chi connectivity index (χ3v) is 4.62. The van der Waals surface area contributed by atoms with Crippen LogP contribution >= 0.6 is 34.5 Å². The molecular weight excluding hydrogens is 329 g/mol. The van der Waals surface area contributed by atoms with Crippen molar-refractivity contribution in [1.29, 1.82) is 0 Å². The van der Waals surface area contributed by atoms with Crippen LogP contribution < -0.4 is 5.32 Å². The van der Waals surface area contributed by atoms with Crippen molar-refractivity contribution in [2.75, 3.05) is 6.54 Å². The summed E-state index contributed by atoms with van der Waals surface area (Å²) in [5, 5.41) is 13.2. The van der Waals surface area contributed by atoms with E-state index in [1.807, 2.05) is 12.1 Å². The van der Waals surface area contributed by atoms with Crippen LogP contribution in [0.25, 0.3) is 0 Å². The van der Waals surface area contributed by atoms with Gasteiger partial charge in [0, 0.05) is 28.4 Å². The van der Waals surface area contributed by atoms with Gasteiger partial charge in [0.05, 0.1) is 10.4 Å². The van der Waals surface area contributed by atoms with E-state index in [1.54, 1.807) is 24.3 Å². The van der Waals surface area contributed by atoms with Gasteiger partial charge in [-0.1, -0.05) is 41.4 Å². The van der Waals surface area contributed by atoms with Gasteiger partial charge in [-0.3, -0.25) is 4.79 Å². The lowest BCUT2D eigenvalue weighted by molar-refractivity contribution is -0.121. The second-order valence-electron chi connectivity index (χ2n) is 4.55. The number of carbonyl (C=O) groups is 1. The second-order valence-corrected chi connectivity index (χ2v) is 6.75. The van der Waals surface area contributed by atoms with Gasteiger partial charge in [0.2, 0.25) is 5.91 Å². The topological polar surface area (TPSA) is 49.3 Å². The molecule has 2 aromatic rings.